The molecule has 1 heterocycles. The van der Waals surface area contributed by atoms with E-state index in [0.29, 0.717) is 24.6 Å². The number of allylic oxidation sites excluding steroid dienone is 1. The van der Waals surface area contributed by atoms with Crippen molar-refractivity contribution in [3.63, 3.8) is 0 Å². The van der Waals surface area contributed by atoms with Crippen molar-refractivity contribution in [3.05, 3.63) is 40.1 Å². The average Bonchev–Trinajstić information content (AvgIpc) is 3.22. The highest BCUT2D eigenvalue weighted by Gasteiger charge is 2.21. The summed E-state index contributed by atoms with van der Waals surface area (Å²) in [4.78, 5) is 19.6. The topological polar surface area (TPSA) is 54.1 Å². The fraction of sp³-hybridized carbons (Fsp3) is 0.333. The van der Waals surface area contributed by atoms with Crippen LogP contribution in [0.2, 0.25) is 0 Å². The van der Waals surface area contributed by atoms with Crippen LogP contribution >= 0.6 is 15.9 Å². The number of aromatic nitrogens is 1. The molecule has 3 rings (SSSR count). The van der Waals surface area contributed by atoms with Gasteiger partial charge in [0.1, 0.15) is 11.6 Å². The van der Waals surface area contributed by atoms with E-state index in [9.17, 15) is 4.79 Å². The van der Waals surface area contributed by atoms with Gasteiger partial charge in [0, 0.05) is 17.3 Å². The van der Waals surface area contributed by atoms with E-state index >= 15 is 0 Å². The van der Waals surface area contributed by atoms with Gasteiger partial charge in [0.2, 0.25) is 0 Å². The molecule has 104 valence electrons. The number of benzene rings is 1. The van der Waals surface area contributed by atoms with Crippen molar-refractivity contribution in [2.24, 2.45) is 5.92 Å². The Hall–Kier alpha value is -1.55. The highest BCUT2D eigenvalue weighted by Crippen LogP contribution is 2.29. The SMILES string of the molecule is O=C=C(Cc1c(Br)[nH]c2ccccc12)NOCC1CC1. The van der Waals surface area contributed by atoms with Crippen LogP contribution in [0.4, 0.5) is 0 Å². The molecule has 1 aromatic carbocycles. The first-order valence-electron chi connectivity index (χ1n) is 6.65. The van der Waals surface area contributed by atoms with Gasteiger partial charge < -0.3 is 4.98 Å². The first-order chi connectivity index (χ1) is 9.78. The molecule has 2 N–H and O–H groups in total. The number of hydroxylamine groups is 1. The maximum Gasteiger partial charge on any atom is 0.148 e. The van der Waals surface area contributed by atoms with Crippen molar-refractivity contribution in [3.8, 4) is 0 Å². The number of aromatic amines is 1. The first-order valence-corrected chi connectivity index (χ1v) is 7.44. The molecule has 0 amide bonds. The molecular formula is C15H15BrN2O2. The van der Waals surface area contributed by atoms with Crippen LogP contribution in [0.3, 0.4) is 0 Å². The number of nitrogens with one attached hydrogen (secondary N) is 2. The van der Waals surface area contributed by atoms with Crippen LogP contribution in [0, 0.1) is 5.92 Å². The Balaban J connectivity index is 1.73. The molecule has 1 saturated carbocycles. The van der Waals surface area contributed by atoms with E-state index in [4.69, 9.17) is 4.84 Å². The van der Waals surface area contributed by atoms with Crippen molar-refractivity contribution in [2.45, 2.75) is 19.3 Å². The lowest BCUT2D eigenvalue weighted by Gasteiger charge is -2.07. The summed E-state index contributed by atoms with van der Waals surface area (Å²) < 4.78 is 0.885. The molecule has 0 aliphatic heterocycles. The molecule has 1 aliphatic carbocycles. The van der Waals surface area contributed by atoms with Gasteiger partial charge in [0.15, 0.2) is 0 Å². The minimum atomic E-state index is 0.413. The third-order valence-corrected chi connectivity index (χ3v) is 4.13. The zero-order valence-corrected chi connectivity index (χ0v) is 12.5. The van der Waals surface area contributed by atoms with E-state index in [2.05, 4.69) is 26.4 Å². The maximum absolute atomic E-state index is 11.0. The van der Waals surface area contributed by atoms with E-state index in [0.717, 1.165) is 21.1 Å². The van der Waals surface area contributed by atoms with Gasteiger partial charge in [-0.1, -0.05) is 18.2 Å². The molecule has 0 spiro atoms. The van der Waals surface area contributed by atoms with E-state index in [1.807, 2.05) is 30.2 Å². The number of hydrogen-bond acceptors (Lipinski definition) is 3. The standard InChI is InChI=1S/C15H15BrN2O2/c16-15-13(12-3-1-2-4-14(12)17-15)7-11(8-19)18-20-9-10-5-6-10/h1-4,10,17-18H,5-7,9H2. The third-order valence-electron chi connectivity index (χ3n) is 3.45. The second kappa shape index (κ2) is 5.83. The Morgan fingerprint density at radius 2 is 2.25 bits per heavy atom. The Morgan fingerprint density at radius 1 is 1.45 bits per heavy atom. The molecule has 5 heteroatoms. The predicted molar refractivity (Wildman–Crippen MR) is 80.7 cm³/mol. The molecule has 0 bridgehead atoms. The quantitative estimate of drug-likeness (QED) is 0.630. The van der Waals surface area contributed by atoms with Gasteiger partial charge in [-0.05, 0) is 46.3 Å². The second-order valence-electron chi connectivity index (χ2n) is 5.08. The summed E-state index contributed by atoms with van der Waals surface area (Å²) in [5, 5.41) is 1.09. The summed E-state index contributed by atoms with van der Waals surface area (Å²) in [5.74, 6) is 2.57. The smallest absolute Gasteiger partial charge is 0.148 e. The maximum atomic E-state index is 11.0. The third kappa shape index (κ3) is 2.96. The summed E-state index contributed by atoms with van der Waals surface area (Å²) >= 11 is 3.50. The summed E-state index contributed by atoms with van der Waals surface area (Å²) in [7, 11) is 0. The Kier molecular flexibility index (Phi) is 3.92. The van der Waals surface area contributed by atoms with Crippen LogP contribution in [-0.4, -0.2) is 17.5 Å². The van der Waals surface area contributed by atoms with Gasteiger partial charge >= 0.3 is 0 Å². The van der Waals surface area contributed by atoms with Gasteiger partial charge in [0.05, 0.1) is 11.2 Å². The molecule has 1 aliphatic rings. The van der Waals surface area contributed by atoms with Crippen LogP contribution in [0.15, 0.2) is 34.6 Å². The first kappa shape index (κ1) is 13.4. The summed E-state index contributed by atoms with van der Waals surface area (Å²) in [6, 6.07) is 7.99. The van der Waals surface area contributed by atoms with Crippen molar-refractivity contribution in [1.82, 2.24) is 10.5 Å². The molecule has 2 aromatic rings. The highest BCUT2D eigenvalue weighted by molar-refractivity contribution is 9.10. The van der Waals surface area contributed by atoms with Gasteiger partial charge in [0.25, 0.3) is 0 Å². The van der Waals surface area contributed by atoms with E-state index in [1.54, 1.807) is 0 Å². The monoisotopic (exact) mass is 334 g/mol. The minimum Gasteiger partial charge on any atom is -0.349 e. The van der Waals surface area contributed by atoms with Crippen LogP contribution < -0.4 is 5.48 Å². The molecule has 20 heavy (non-hydrogen) atoms. The van der Waals surface area contributed by atoms with Crippen molar-refractivity contribution in [1.29, 1.82) is 0 Å². The predicted octanol–water partition coefficient (Wildman–Crippen LogP) is 3.12. The van der Waals surface area contributed by atoms with Crippen molar-refractivity contribution < 1.29 is 9.63 Å². The summed E-state index contributed by atoms with van der Waals surface area (Å²) in [6.07, 6.45) is 2.89. The normalized spacial score (nSPS) is 14.2. The lowest BCUT2D eigenvalue weighted by atomic mass is 10.1. The zero-order valence-electron chi connectivity index (χ0n) is 10.9. The molecule has 1 fully saturated rings. The number of carbonyl (C=O) groups excluding carboxylic acids is 1. The largest absolute Gasteiger partial charge is 0.349 e. The lowest BCUT2D eigenvalue weighted by molar-refractivity contribution is 0.0542. The molecule has 4 nitrogen and oxygen atoms in total. The van der Waals surface area contributed by atoms with Crippen molar-refractivity contribution in [2.75, 3.05) is 6.61 Å². The number of halogens is 1. The zero-order chi connectivity index (χ0) is 13.9. The molecule has 0 saturated heterocycles. The number of rotatable bonds is 6. The van der Waals surface area contributed by atoms with Gasteiger partial charge in [-0.25, -0.2) is 4.79 Å². The van der Waals surface area contributed by atoms with Gasteiger partial charge in [-0.15, -0.1) is 0 Å². The van der Waals surface area contributed by atoms with E-state index < -0.39 is 0 Å². The lowest BCUT2D eigenvalue weighted by Crippen LogP contribution is -2.18. The molecule has 0 unspecified atom stereocenters. The number of fused-ring (bicyclic) bond motifs is 1. The van der Waals surface area contributed by atoms with E-state index in [-0.39, 0.29) is 0 Å². The minimum absolute atomic E-state index is 0.413. The van der Waals surface area contributed by atoms with Gasteiger partial charge in [-0.3, -0.25) is 10.3 Å². The molecule has 0 radical (unpaired) electrons. The van der Waals surface area contributed by atoms with Gasteiger partial charge in [-0.2, -0.15) is 0 Å². The van der Waals surface area contributed by atoms with E-state index in [1.165, 1.54) is 12.8 Å². The number of para-hydroxylation sites is 1. The van der Waals surface area contributed by atoms with Crippen LogP contribution in [0.1, 0.15) is 18.4 Å². The number of hydrogen-bond donors (Lipinski definition) is 2. The average molecular weight is 335 g/mol. The second-order valence-corrected chi connectivity index (χ2v) is 5.87. The summed E-state index contributed by atoms with van der Waals surface area (Å²) in [5.41, 5.74) is 5.21. The molecule has 0 atom stereocenters. The Morgan fingerprint density at radius 3 is 3.00 bits per heavy atom. The highest BCUT2D eigenvalue weighted by atomic mass is 79.9. The molecular weight excluding hydrogens is 320 g/mol. The fourth-order valence-corrected chi connectivity index (χ4v) is 2.71. The molecule has 1 aromatic heterocycles. The summed E-state index contributed by atoms with van der Waals surface area (Å²) in [6.45, 7) is 0.653. The Labute approximate surface area is 125 Å². The van der Waals surface area contributed by atoms with Crippen LogP contribution in [0.5, 0.6) is 0 Å². The Bertz CT molecular complexity index is 670. The number of H-pyrrole nitrogens is 1. The fourth-order valence-electron chi connectivity index (χ4n) is 2.14. The van der Waals surface area contributed by atoms with Crippen LogP contribution in [0.25, 0.3) is 10.9 Å². The van der Waals surface area contributed by atoms with Crippen molar-refractivity contribution >= 4 is 32.8 Å². The van der Waals surface area contributed by atoms with Crippen LogP contribution in [-0.2, 0) is 16.1 Å².